The number of hydrogen-bond donors (Lipinski definition) is 0. The largest absolute Gasteiger partial charge is 0.310 e. The molecule has 0 atom stereocenters. The molecule has 0 unspecified atom stereocenters. The summed E-state index contributed by atoms with van der Waals surface area (Å²) in [4.78, 5) is 4.85. The summed E-state index contributed by atoms with van der Waals surface area (Å²) in [5, 5.41) is 14.8. The predicted molar refractivity (Wildman–Crippen MR) is 298 cm³/mol. The van der Waals surface area contributed by atoms with Crippen molar-refractivity contribution < 1.29 is 0 Å². The number of nitrogens with zero attached hydrogens (tertiary/aromatic N) is 2. The molecule has 1 aromatic heterocycles. The van der Waals surface area contributed by atoms with E-state index >= 15 is 0 Å². The molecule has 12 aromatic carbocycles. The van der Waals surface area contributed by atoms with Crippen molar-refractivity contribution in [1.29, 1.82) is 0 Å². The van der Waals surface area contributed by atoms with Gasteiger partial charge in [-0.25, -0.2) is 0 Å². The van der Waals surface area contributed by atoms with Crippen molar-refractivity contribution in [3.63, 3.8) is 0 Å². The third-order valence-corrected chi connectivity index (χ3v) is 15.3. The standard InChI is InChI=1S/C66H42N2S/c1-3-19-43(20-4-1)67(46-35-37-52-54-28-13-16-32-61(54)68(44-21-5-2-6-22-44)62-33-17-14-29-55(62)60(52)42-46)45-36-38-53-57-39-40-64-66(58-31-15-18-34-63(58)69-64)65(57)56-30-12-11-26-50(56)48-24-8-7-23-47(48)49-25-9-10-27-51(49)59(53)41-45/h1-42H. The van der Waals surface area contributed by atoms with Gasteiger partial charge in [-0.3, -0.25) is 0 Å². The summed E-state index contributed by atoms with van der Waals surface area (Å²) in [6.45, 7) is 0. The Morgan fingerprint density at radius 1 is 0.261 bits per heavy atom. The van der Waals surface area contributed by atoms with E-state index in [9.17, 15) is 0 Å². The van der Waals surface area contributed by atoms with Crippen molar-refractivity contribution in [2.45, 2.75) is 0 Å². The van der Waals surface area contributed by atoms with Crippen LogP contribution in [-0.4, -0.2) is 0 Å². The first-order chi connectivity index (χ1) is 34.3. The van der Waals surface area contributed by atoms with Gasteiger partial charge in [-0.05, 0) is 138 Å². The molecule has 0 saturated heterocycles. The summed E-state index contributed by atoms with van der Waals surface area (Å²) in [7, 11) is 0. The Labute approximate surface area is 404 Å². The minimum atomic E-state index is 1.08. The molecule has 1 aliphatic heterocycles. The molecule has 0 bridgehead atoms. The highest BCUT2D eigenvalue weighted by molar-refractivity contribution is 7.26. The van der Waals surface area contributed by atoms with Crippen LogP contribution in [0, 0.1) is 0 Å². The second-order valence-electron chi connectivity index (χ2n) is 17.9. The first-order valence-corrected chi connectivity index (χ1v) is 24.5. The number of anilines is 6. The normalized spacial score (nSPS) is 12.0. The van der Waals surface area contributed by atoms with Crippen LogP contribution in [0.3, 0.4) is 0 Å². The van der Waals surface area contributed by atoms with Crippen molar-refractivity contribution in [3.05, 3.63) is 255 Å². The van der Waals surface area contributed by atoms with Gasteiger partial charge in [0.05, 0.1) is 11.4 Å². The Balaban J connectivity index is 1.10. The van der Waals surface area contributed by atoms with Crippen LogP contribution in [0.15, 0.2) is 255 Å². The van der Waals surface area contributed by atoms with Gasteiger partial charge in [-0.1, -0.05) is 182 Å². The maximum atomic E-state index is 2.45. The van der Waals surface area contributed by atoms with Crippen LogP contribution >= 0.6 is 11.3 Å². The monoisotopic (exact) mass is 894 g/mol. The third-order valence-electron chi connectivity index (χ3n) is 14.2. The lowest BCUT2D eigenvalue weighted by Crippen LogP contribution is -2.10. The van der Waals surface area contributed by atoms with E-state index in [-0.39, 0.29) is 0 Å². The van der Waals surface area contributed by atoms with E-state index in [0.717, 1.165) is 34.1 Å². The lowest BCUT2D eigenvalue weighted by Gasteiger charge is -2.27. The minimum absolute atomic E-state index is 1.08. The number of fused-ring (bicyclic) bond motifs is 19. The summed E-state index contributed by atoms with van der Waals surface area (Å²) >= 11 is 1.88. The Bertz CT molecular complexity index is 4270. The zero-order valence-electron chi connectivity index (χ0n) is 37.6. The van der Waals surface area contributed by atoms with Gasteiger partial charge in [0.25, 0.3) is 0 Å². The minimum Gasteiger partial charge on any atom is -0.310 e. The Morgan fingerprint density at radius 2 is 0.725 bits per heavy atom. The molecule has 0 fully saturated rings. The first kappa shape index (κ1) is 39.4. The fourth-order valence-corrected chi connectivity index (χ4v) is 12.3. The fourth-order valence-electron chi connectivity index (χ4n) is 11.2. The number of benzene rings is 11. The average molecular weight is 895 g/mol. The molecule has 2 heterocycles. The van der Waals surface area contributed by atoms with Gasteiger partial charge in [0.1, 0.15) is 0 Å². The van der Waals surface area contributed by atoms with E-state index in [0.29, 0.717) is 0 Å². The summed E-state index contributed by atoms with van der Waals surface area (Å²) in [5.41, 5.74) is 11.5. The molecule has 2 nitrogen and oxygen atoms in total. The molecule has 14 rings (SSSR count). The van der Waals surface area contributed by atoms with Gasteiger partial charge in [-0.15, -0.1) is 11.3 Å². The second kappa shape index (κ2) is 16.0. The molecule has 322 valence electrons. The Hall–Kier alpha value is -8.76. The van der Waals surface area contributed by atoms with Crippen LogP contribution < -0.4 is 9.80 Å². The Kier molecular flexibility index (Phi) is 9.11. The van der Waals surface area contributed by atoms with Gasteiger partial charge in [0, 0.05) is 54.0 Å². The summed E-state index contributed by atoms with van der Waals surface area (Å²) in [6.07, 6.45) is 0. The first-order valence-electron chi connectivity index (χ1n) is 23.7. The van der Waals surface area contributed by atoms with Crippen LogP contribution in [0.25, 0.3) is 96.3 Å². The van der Waals surface area contributed by atoms with Crippen LogP contribution in [-0.2, 0) is 0 Å². The van der Waals surface area contributed by atoms with Crippen LogP contribution in [0.1, 0.15) is 0 Å². The predicted octanol–water partition coefficient (Wildman–Crippen LogP) is 19.5. The van der Waals surface area contributed by atoms with Gasteiger partial charge in [0.2, 0.25) is 0 Å². The van der Waals surface area contributed by atoms with E-state index in [1.807, 2.05) is 11.3 Å². The maximum absolute atomic E-state index is 2.45. The molecular weight excluding hydrogens is 853 g/mol. The van der Waals surface area contributed by atoms with Crippen LogP contribution in [0.2, 0.25) is 0 Å². The SMILES string of the molecule is c1ccc(N(c2ccc3c(c2)-c2ccccc2N(c2ccccc2)c2ccccc2-3)c2ccc3c(c2)c2ccccc2c2ccccc2c2ccccc2c2c3ccc3sc4ccccc4c32)cc1. The zero-order chi connectivity index (χ0) is 45.4. The van der Waals surface area contributed by atoms with Crippen LogP contribution in [0.4, 0.5) is 34.1 Å². The lowest BCUT2D eigenvalue weighted by molar-refractivity contribution is 1.29. The molecule has 0 N–H and O–H groups in total. The molecule has 3 heteroatoms. The lowest BCUT2D eigenvalue weighted by atomic mass is 9.92. The van der Waals surface area contributed by atoms with Crippen molar-refractivity contribution in [2.24, 2.45) is 0 Å². The van der Waals surface area contributed by atoms with Crippen molar-refractivity contribution in [3.8, 4) is 22.3 Å². The second-order valence-corrected chi connectivity index (χ2v) is 19.0. The number of rotatable bonds is 4. The highest BCUT2D eigenvalue weighted by Crippen LogP contribution is 2.52. The summed E-state index contributed by atoms with van der Waals surface area (Å²) < 4.78 is 2.60. The fraction of sp³-hybridized carbons (Fsp3) is 0. The smallest absolute Gasteiger partial charge is 0.0540 e. The van der Waals surface area contributed by atoms with E-state index < -0.39 is 0 Å². The van der Waals surface area contributed by atoms with Crippen molar-refractivity contribution in [2.75, 3.05) is 9.80 Å². The zero-order valence-corrected chi connectivity index (χ0v) is 38.4. The third kappa shape index (κ3) is 6.25. The molecule has 0 amide bonds. The van der Waals surface area contributed by atoms with Crippen molar-refractivity contribution in [1.82, 2.24) is 0 Å². The van der Waals surface area contributed by atoms with Gasteiger partial charge >= 0.3 is 0 Å². The number of para-hydroxylation sites is 4. The average Bonchev–Trinajstić information content (AvgIpc) is 3.75. The molecule has 0 radical (unpaired) electrons. The molecule has 13 aromatic rings. The van der Waals surface area contributed by atoms with E-state index in [2.05, 4.69) is 265 Å². The molecular formula is C66H42N2S. The van der Waals surface area contributed by atoms with Crippen LogP contribution in [0.5, 0.6) is 0 Å². The highest BCUT2D eigenvalue weighted by atomic mass is 32.1. The number of hydrogen-bond acceptors (Lipinski definition) is 3. The van der Waals surface area contributed by atoms with Gasteiger partial charge < -0.3 is 9.80 Å². The Morgan fingerprint density at radius 3 is 1.41 bits per heavy atom. The molecule has 0 aliphatic carbocycles. The van der Waals surface area contributed by atoms with Gasteiger partial charge in [-0.2, -0.15) is 0 Å². The summed E-state index contributed by atoms with van der Waals surface area (Å²) in [6, 6.07) is 94.2. The maximum Gasteiger partial charge on any atom is 0.0540 e. The number of thiophene rings is 1. The van der Waals surface area contributed by atoms with E-state index in [1.165, 1.54) is 96.3 Å². The van der Waals surface area contributed by atoms with Crippen molar-refractivity contribution >= 4 is 119 Å². The molecule has 0 spiro atoms. The highest BCUT2D eigenvalue weighted by Gasteiger charge is 2.27. The summed E-state index contributed by atoms with van der Waals surface area (Å²) in [5.74, 6) is 0. The molecule has 0 saturated carbocycles. The van der Waals surface area contributed by atoms with Gasteiger partial charge in [0.15, 0.2) is 0 Å². The molecule has 69 heavy (non-hydrogen) atoms. The quantitative estimate of drug-likeness (QED) is 0.174. The molecule has 1 aliphatic rings. The van der Waals surface area contributed by atoms with E-state index in [4.69, 9.17) is 0 Å². The topological polar surface area (TPSA) is 6.48 Å². The van der Waals surface area contributed by atoms with E-state index in [1.54, 1.807) is 0 Å².